The van der Waals surface area contributed by atoms with Crippen LogP contribution in [0.5, 0.6) is 5.75 Å². The molecule has 5 rings (SSSR count). The van der Waals surface area contributed by atoms with Crippen molar-refractivity contribution >= 4 is 44.6 Å². The maximum Gasteiger partial charge on any atom is 0.336 e. The van der Waals surface area contributed by atoms with Crippen LogP contribution in [0.15, 0.2) is 93.2 Å². The number of hydrogen-bond acceptors (Lipinski definition) is 5. The predicted molar refractivity (Wildman–Crippen MR) is 130 cm³/mol. The summed E-state index contributed by atoms with van der Waals surface area (Å²) in [4.78, 5) is 23.9. The molecule has 5 aromatic rings. The number of hydrogen-bond donors (Lipinski definition) is 1. The molecule has 1 aromatic heterocycles. The fourth-order valence-electron chi connectivity index (χ4n) is 3.93. The fourth-order valence-corrected chi connectivity index (χ4v) is 3.93. The first-order valence-electron chi connectivity index (χ1n) is 10.5. The minimum atomic E-state index is -0.426. The van der Waals surface area contributed by atoms with E-state index in [9.17, 15) is 9.59 Å². The first kappa shape index (κ1) is 20.5. The highest BCUT2D eigenvalue weighted by atomic mass is 16.5. The van der Waals surface area contributed by atoms with Crippen molar-refractivity contribution in [3.05, 3.63) is 100 Å². The number of carbonyl (C=O) groups is 1. The summed E-state index contributed by atoms with van der Waals surface area (Å²) in [6, 6.07) is 24.8. The summed E-state index contributed by atoms with van der Waals surface area (Å²) in [5.74, 6) is 0.0250. The van der Waals surface area contributed by atoms with Gasteiger partial charge in [-0.25, -0.2) is 10.2 Å². The first-order valence-corrected chi connectivity index (χ1v) is 10.5. The summed E-state index contributed by atoms with van der Waals surface area (Å²) >= 11 is 0. The van der Waals surface area contributed by atoms with Crippen molar-refractivity contribution in [1.29, 1.82) is 0 Å². The summed E-state index contributed by atoms with van der Waals surface area (Å²) in [7, 11) is 0. The summed E-state index contributed by atoms with van der Waals surface area (Å²) in [6.07, 6.45) is 1.66. The van der Waals surface area contributed by atoms with E-state index in [1.165, 1.54) is 6.07 Å². The van der Waals surface area contributed by atoms with Crippen molar-refractivity contribution in [2.45, 2.75) is 6.92 Å². The minimum Gasteiger partial charge on any atom is -0.484 e. The van der Waals surface area contributed by atoms with Crippen molar-refractivity contribution in [2.75, 3.05) is 6.61 Å². The molecule has 0 aliphatic rings. The van der Waals surface area contributed by atoms with Crippen LogP contribution in [0.4, 0.5) is 0 Å². The lowest BCUT2D eigenvalue weighted by atomic mass is 9.97. The van der Waals surface area contributed by atoms with Gasteiger partial charge in [-0.1, -0.05) is 48.5 Å². The number of carbonyl (C=O) groups excluding carboxylic acids is 1. The number of hydrazone groups is 1. The number of fused-ring (bicyclic) bond motifs is 3. The van der Waals surface area contributed by atoms with Crippen LogP contribution in [0.1, 0.15) is 11.1 Å². The van der Waals surface area contributed by atoms with Gasteiger partial charge in [0.05, 0.1) is 6.21 Å². The molecule has 0 spiro atoms. The molecule has 1 heterocycles. The standard InChI is InChI=1S/C27H20N2O4/c1-17-12-27(31)33-25-14-20(10-11-21(17)25)32-16-26(30)29-28-15-24-22-8-4-2-6-18(22)13-19-7-3-5-9-23(19)24/h2-15H,16H2,1H3,(H,29,30). The Balaban J connectivity index is 1.31. The van der Waals surface area contributed by atoms with E-state index in [2.05, 4.69) is 28.7 Å². The van der Waals surface area contributed by atoms with Gasteiger partial charge in [-0.3, -0.25) is 4.79 Å². The molecule has 1 amide bonds. The van der Waals surface area contributed by atoms with Crippen molar-refractivity contribution in [1.82, 2.24) is 5.43 Å². The number of aryl methyl sites for hydroxylation is 1. The third-order valence-corrected chi connectivity index (χ3v) is 5.49. The lowest BCUT2D eigenvalue weighted by Crippen LogP contribution is -2.24. The largest absolute Gasteiger partial charge is 0.484 e. The smallest absolute Gasteiger partial charge is 0.336 e. The molecule has 0 bridgehead atoms. The van der Waals surface area contributed by atoms with Crippen LogP contribution < -0.4 is 15.8 Å². The van der Waals surface area contributed by atoms with Gasteiger partial charge in [0.1, 0.15) is 11.3 Å². The van der Waals surface area contributed by atoms with Crippen molar-refractivity contribution in [3.8, 4) is 5.75 Å². The van der Waals surface area contributed by atoms with E-state index in [1.807, 2.05) is 43.3 Å². The summed E-state index contributed by atoms with van der Waals surface area (Å²) in [5, 5.41) is 9.29. The molecule has 6 heteroatoms. The average Bonchev–Trinajstić information content (AvgIpc) is 2.82. The predicted octanol–water partition coefficient (Wildman–Crippen LogP) is 4.94. The second-order valence-corrected chi connectivity index (χ2v) is 7.72. The highest BCUT2D eigenvalue weighted by Gasteiger charge is 2.08. The van der Waals surface area contributed by atoms with Gasteiger partial charge < -0.3 is 9.15 Å². The lowest BCUT2D eigenvalue weighted by Gasteiger charge is -2.08. The molecule has 0 atom stereocenters. The first-order chi connectivity index (χ1) is 16.1. The van der Waals surface area contributed by atoms with Gasteiger partial charge >= 0.3 is 5.63 Å². The van der Waals surface area contributed by atoms with Crippen LogP contribution in [0.2, 0.25) is 0 Å². The average molecular weight is 436 g/mol. The Bertz CT molecular complexity index is 1550. The number of nitrogens with one attached hydrogen (secondary N) is 1. The zero-order valence-electron chi connectivity index (χ0n) is 17.9. The number of benzene rings is 4. The monoisotopic (exact) mass is 436 g/mol. The van der Waals surface area contributed by atoms with Gasteiger partial charge in [0.15, 0.2) is 6.61 Å². The number of amides is 1. The second kappa shape index (κ2) is 8.59. The third kappa shape index (κ3) is 4.19. The number of ether oxygens (including phenoxy) is 1. The Morgan fingerprint density at radius 1 is 0.939 bits per heavy atom. The molecule has 0 fully saturated rings. The van der Waals surface area contributed by atoms with Gasteiger partial charge in [0.2, 0.25) is 0 Å². The Kier molecular flexibility index (Phi) is 5.32. The maximum absolute atomic E-state index is 12.3. The Morgan fingerprint density at radius 3 is 2.36 bits per heavy atom. The molecule has 6 nitrogen and oxygen atoms in total. The van der Waals surface area contributed by atoms with Gasteiger partial charge in [0.25, 0.3) is 5.91 Å². The highest BCUT2D eigenvalue weighted by molar-refractivity contribution is 6.13. The topological polar surface area (TPSA) is 80.9 Å². The van der Waals surface area contributed by atoms with Gasteiger partial charge in [-0.15, -0.1) is 0 Å². The zero-order chi connectivity index (χ0) is 22.8. The van der Waals surface area contributed by atoms with Crippen molar-refractivity contribution in [3.63, 3.8) is 0 Å². The second-order valence-electron chi connectivity index (χ2n) is 7.72. The molecule has 0 saturated carbocycles. The summed E-state index contributed by atoms with van der Waals surface area (Å²) < 4.78 is 10.8. The van der Waals surface area contributed by atoms with E-state index >= 15 is 0 Å². The van der Waals surface area contributed by atoms with Gasteiger partial charge in [-0.2, -0.15) is 5.10 Å². The molecule has 0 radical (unpaired) electrons. The molecule has 162 valence electrons. The van der Waals surface area contributed by atoms with Crippen LogP contribution in [0.3, 0.4) is 0 Å². The quantitative estimate of drug-likeness (QED) is 0.183. The minimum absolute atomic E-state index is 0.227. The molecular formula is C27H20N2O4. The molecule has 0 unspecified atom stereocenters. The Labute approximate surface area is 189 Å². The summed E-state index contributed by atoms with van der Waals surface area (Å²) in [6.45, 7) is 1.61. The van der Waals surface area contributed by atoms with E-state index in [0.717, 1.165) is 38.1 Å². The molecule has 4 aromatic carbocycles. The van der Waals surface area contributed by atoms with Crippen LogP contribution in [0.25, 0.3) is 32.5 Å². The van der Waals surface area contributed by atoms with Crippen LogP contribution in [0, 0.1) is 6.92 Å². The molecular weight excluding hydrogens is 416 g/mol. The molecule has 0 saturated heterocycles. The number of nitrogens with zero attached hydrogens (tertiary/aromatic N) is 1. The van der Waals surface area contributed by atoms with Crippen LogP contribution in [-0.4, -0.2) is 18.7 Å². The van der Waals surface area contributed by atoms with E-state index in [0.29, 0.717) is 11.3 Å². The van der Waals surface area contributed by atoms with Crippen LogP contribution >= 0.6 is 0 Å². The normalized spacial score (nSPS) is 11.4. The van der Waals surface area contributed by atoms with E-state index in [1.54, 1.807) is 24.4 Å². The van der Waals surface area contributed by atoms with Crippen molar-refractivity contribution in [2.24, 2.45) is 5.10 Å². The fraction of sp³-hybridized carbons (Fsp3) is 0.0741. The molecule has 0 aliphatic heterocycles. The third-order valence-electron chi connectivity index (χ3n) is 5.49. The molecule has 0 aliphatic carbocycles. The van der Waals surface area contributed by atoms with E-state index in [-0.39, 0.29) is 6.61 Å². The Hall–Kier alpha value is -4.45. The van der Waals surface area contributed by atoms with E-state index < -0.39 is 11.5 Å². The Morgan fingerprint density at radius 2 is 1.64 bits per heavy atom. The zero-order valence-corrected chi connectivity index (χ0v) is 17.9. The van der Waals surface area contributed by atoms with Crippen molar-refractivity contribution < 1.29 is 13.9 Å². The highest BCUT2D eigenvalue weighted by Crippen LogP contribution is 2.27. The SMILES string of the molecule is Cc1cc(=O)oc2cc(OCC(=O)NN=Cc3c4ccccc4cc4ccccc34)ccc12. The maximum atomic E-state index is 12.3. The van der Waals surface area contributed by atoms with E-state index in [4.69, 9.17) is 9.15 Å². The lowest BCUT2D eigenvalue weighted by molar-refractivity contribution is -0.123. The summed E-state index contributed by atoms with van der Waals surface area (Å²) in [5.41, 5.74) is 4.26. The van der Waals surface area contributed by atoms with Gasteiger partial charge in [0, 0.05) is 23.1 Å². The van der Waals surface area contributed by atoms with Gasteiger partial charge in [-0.05, 0) is 52.2 Å². The number of rotatable bonds is 5. The molecule has 33 heavy (non-hydrogen) atoms. The molecule has 1 N–H and O–H groups in total. The van der Waals surface area contributed by atoms with Crippen LogP contribution in [-0.2, 0) is 4.79 Å².